The minimum absolute atomic E-state index is 0.126. The third kappa shape index (κ3) is 6.83. The Bertz CT molecular complexity index is 1080. The summed E-state index contributed by atoms with van der Waals surface area (Å²) in [4.78, 5) is 18.1. The maximum Gasteiger partial charge on any atom is 0.311 e. The van der Waals surface area contributed by atoms with E-state index in [4.69, 9.17) is 4.74 Å². The molecule has 1 aliphatic heterocycles. The van der Waals surface area contributed by atoms with Gasteiger partial charge in [-0.2, -0.15) is 0 Å². The summed E-state index contributed by atoms with van der Waals surface area (Å²) in [5, 5.41) is 1.17. The van der Waals surface area contributed by atoms with Crippen LogP contribution in [0.2, 0.25) is 0 Å². The van der Waals surface area contributed by atoms with E-state index in [1.54, 1.807) is 0 Å². The molecule has 2 aromatic carbocycles. The highest BCUT2D eigenvalue weighted by atomic mass is 16.5. The zero-order chi connectivity index (χ0) is 23.6. The number of aromatic amines is 1. The fourth-order valence-corrected chi connectivity index (χ4v) is 4.79. The highest BCUT2D eigenvalue weighted by Gasteiger charge is 2.13. The van der Waals surface area contributed by atoms with E-state index in [1.165, 1.54) is 41.3 Å². The monoisotopic (exact) mass is 458 g/mol. The Hall–Kier alpha value is -2.85. The normalized spacial score (nSPS) is 14.3. The molecule has 4 rings (SSSR count). The molecule has 0 saturated carbocycles. The van der Waals surface area contributed by atoms with Gasteiger partial charge in [0.25, 0.3) is 0 Å². The van der Waals surface area contributed by atoms with Gasteiger partial charge < -0.3 is 9.72 Å². The number of aryl methyl sites for hydroxylation is 1. The van der Waals surface area contributed by atoms with Crippen molar-refractivity contribution in [1.29, 1.82) is 0 Å². The third-order valence-electron chi connectivity index (χ3n) is 6.81. The number of ether oxygens (including phenoxy) is 1. The molecule has 0 aliphatic carbocycles. The van der Waals surface area contributed by atoms with E-state index in [0.29, 0.717) is 12.2 Å². The molecular formula is C30H38N2O2. The second-order valence-electron chi connectivity index (χ2n) is 9.41. The molecule has 0 spiro atoms. The van der Waals surface area contributed by atoms with Crippen LogP contribution in [0.15, 0.2) is 60.8 Å². The molecule has 0 unspecified atom stereocenters. The second-order valence-corrected chi connectivity index (χ2v) is 9.41. The summed E-state index contributed by atoms with van der Waals surface area (Å²) in [5.74, 6) is 0.529. The van der Waals surface area contributed by atoms with Crippen molar-refractivity contribution < 1.29 is 9.53 Å². The van der Waals surface area contributed by atoms with E-state index < -0.39 is 0 Å². The van der Waals surface area contributed by atoms with Crippen molar-refractivity contribution in [3.8, 4) is 5.75 Å². The fourth-order valence-electron chi connectivity index (χ4n) is 4.79. The van der Waals surface area contributed by atoms with Crippen LogP contribution in [0, 0.1) is 0 Å². The lowest BCUT2D eigenvalue weighted by atomic mass is 9.99. The molecular weight excluding hydrogens is 420 g/mol. The van der Waals surface area contributed by atoms with E-state index in [9.17, 15) is 4.79 Å². The first-order valence-corrected chi connectivity index (χ1v) is 13.0. The van der Waals surface area contributed by atoms with Gasteiger partial charge in [0.2, 0.25) is 0 Å². The van der Waals surface area contributed by atoms with E-state index in [1.807, 2.05) is 18.2 Å². The largest absolute Gasteiger partial charge is 0.427 e. The summed E-state index contributed by atoms with van der Waals surface area (Å²) in [7, 11) is 0. The number of H-pyrrole nitrogens is 1. The molecule has 4 heteroatoms. The number of carbonyl (C=O) groups excluding carboxylic acids is 1. The first-order chi connectivity index (χ1) is 16.7. The topological polar surface area (TPSA) is 45.3 Å². The van der Waals surface area contributed by atoms with Crippen LogP contribution in [0.5, 0.6) is 5.75 Å². The van der Waals surface area contributed by atoms with E-state index >= 15 is 0 Å². The summed E-state index contributed by atoms with van der Waals surface area (Å²) >= 11 is 0. The number of hydrogen-bond donors (Lipinski definition) is 1. The SMILES string of the molecule is CCCCCCC(=O)Oc1ccc2[nH]cc(CCCCN3CC=C(c4ccccc4)CC3)c2c1. The van der Waals surface area contributed by atoms with Gasteiger partial charge in [0, 0.05) is 36.6 Å². The fraction of sp³-hybridized carbons (Fsp3) is 0.433. The third-order valence-corrected chi connectivity index (χ3v) is 6.81. The standard InChI is InChI=1S/C30H38N2O2/c1-2-3-4-8-14-30(33)34-27-15-16-29-28(22-27)26(23-31-29)13-9-10-19-32-20-17-25(18-21-32)24-11-6-5-7-12-24/h5-7,11-12,15-17,22-23,31H,2-4,8-10,13-14,18-21H2,1H3. The summed E-state index contributed by atoms with van der Waals surface area (Å²) in [5.41, 5.74) is 5.25. The van der Waals surface area contributed by atoms with Gasteiger partial charge in [0.1, 0.15) is 5.75 Å². The van der Waals surface area contributed by atoms with Crippen molar-refractivity contribution in [3.63, 3.8) is 0 Å². The zero-order valence-electron chi connectivity index (χ0n) is 20.5. The Labute approximate surface area is 204 Å². The molecule has 0 radical (unpaired) electrons. The molecule has 2 heterocycles. The number of aromatic nitrogens is 1. The van der Waals surface area contributed by atoms with Crippen molar-refractivity contribution >= 4 is 22.4 Å². The highest BCUT2D eigenvalue weighted by molar-refractivity contribution is 5.85. The van der Waals surface area contributed by atoms with E-state index in [-0.39, 0.29) is 5.97 Å². The predicted octanol–water partition coefficient (Wildman–Crippen LogP) is 7.16. The molecule has 1 aromatic heterocycles. The number of carbonyl (C=O) groups is 1. The van der Waals surface area contributed by atoms with Crippen LogP contribution < -0.4 is 4.74 Å². The van der Waals surface area contributed by atoms with Crippen LogP contribution in [0.4, 0.5) is 0 Å². The van der Waals surface area contributed by atoms with Gasteiger partial charge >= 0.3 is 5.97 Å². The molecule has 0 bridgehead atoms. The Morgan fingerprint density at radius 2 is 1.91 bits per heavy atom. The molecule has 0 amide bonds. The summed E-state index contributed by atoms with van der Waals surface area (Å²) in [6.07, 6.45) is 13.9. The lowest BCUT2D eigenvalue weighted by Gasteiger charge is -2.26. The molecule has 0 fully saturated rings. The maximum absolute atomic E-state index is 12.2. The number of hydrogen-bond acceptors (Lipinski definition) is 3. The molecule has 3 aromatic rings. The maximum atomic E-state index is 12.2. The number of unbranched alkanes of at least 4 members (excludes halogenated alkanes) is 4. The first-order valence-electron chi connectivity index (χ1n) is 13.0. The van der Waals surface area contributed by atoms with Gasteiger partial charge in [-0.3, -0.25) is 9.69 Å². The van der Waals surface area contributed by atoms with E-state index in [2.05, 4.69) is 59.4 Å². The lowest BCUT2D eigenvalue weighted by molar-refractivity contribution is -0.134. The van der Waals surface area contributed by atoms with Gasteiger partial charge in [-0.1, -0.05) is 62.6 Å². The predicted molar refractivity (Wildman–Crippen MR) is 141 cm³/mol. The molecule has 1 aliphatic rings. The summed E-state index contributed by atoms with van der Waals surface area (Å²) in [6, 6.07) is 16.7. The molecule has 1 N–H and O–H groups in total. The summed E-state index contributed by atoms with van der Waals surface area (Å²) in [6.45, 7) is 5.50. The zero-order valence-corrected chi connectivity index (χ0v) is 20.5. The minimum Gasteiger partial charge on any atom is -0.427 e. The molecule has 0 atom stereocenters. The molecule has 4 nitrogen and oxygen atoms in total. The van der Waals surface area contributed by atoms with Crippen LogP contribution in [0.1, 0.15) is 69.4 Å². The van der Waals surface area contributed by atoms with Crippen molar-refractivity contribution in [1.82, 2.24) is 9.88 Å². The van der Waals surface area contributed by atoms with Crippen LogP contribution in [0.25, 0.3) is 16.5 Å². The number of rotatable bonds is 12. The average Bonchev–Trinajstić information content (AvgIpc) is 3.27. The highest BCUT2D eigenvalue weighted by Crippen LogP contribution is 2.26. The average molecular weight is 459 g/mol. The Morgan fingerprint density at radius 1 is 1.03 bits per heavy atom. The van der Waals surface area contributed by atoms with Gasteiger partial charge in [0.15, 0.2) is 0 Å². The van der Waals surface area contributed by atoms with Crippen molar-refractivity contribution in [2.24, 2.45) is 0 Å². The Morgan fingerprint density at radius 3 is 2.71 bits per heavy atom. The van der Waals surface area contributed by atoms with Crippen molar-refractivity contribution in [2.75, 3.05) is 19.6 Å². The Kier molecular flexibility index (Phi) is 8.97. The number of esters is 1. The minimum atomic E-state index is -0.126. The smallest absolute Gasteiger partial charge is 0.311 e. The Balaban J connectivity index is 1.23. The van der Waals surface area contributed by atoms with Crippen LogP contribution in [-0.4, -0.2) is 35.5 Å². The van der Waals surface area contributed by atoms with E-state index in [0.717, 1.165) is 57.3 Å². The van der Waals surface area contributed by atoms with Crippen LogP contribution in [0.3, 0.4) is 0 Å². The first kappa shape index (κ1) is 24.3. The molecule has 180 valence electrons. The number of nitrogens with one attached hydrogen (secondary N) is 1. The van der Waals surface area contributed by atoms with Crippen LogP contribution in [-0.2, 0) is 11.2 Å². The van der Waals surface area contributed by atoms with Gasteiger partial charge in [-0.15, -0.1) is 0 Å². The molecule has 0 saturated heterocycles. The second kappa shape index (κ2) is 12.6. The van der Waals surface area contributed by atoms with Crippen LogP contribution >= 0.6 is 0 Å². The van der Waals surface area contributed by atoms with Crippen molar-refractivity contribution in [2.45, 2.75) is 64.7 Å². The number of nitrogens with zero attached hydrogens (tertiary/aromatic N) is 1. The lowest BCUT2D eigenvalue weighted by Crippen LogP contribution is -2.29. The quantitative estimate of drug-likeness (QED) is 0.178. The van der Waals surface area contributed by atoms with Gasteiger partial charge in [-0.05, 0) is 73.5 Å². The van der Waals surface area contributed by atoms with Crippen molar-refractivity contribution in [3.05, 3.63) is 71.9 Å². The molecule has 34 heavy (non-hydrogen) atoms. The number of benzene rings is 2. The van der Waals surface area contributed by atoms with Gasteiger partial charge in [0.05, 0.1) is 0 Å². The number of fused-ring (bicyclic) bond motifs is 1. The van der Waals surface area contributed by atoms with Gasteiger partial charge in [-0.25, -0.2) is 0 Å². The summed E-state index contributed by atoms with van der Waals surface area (Å²) < 4.78 is 5.61.